The number of methoxy groups -OCH3 is 1. The molecule has 0 spiro atoms. The third kappa shape index (κ3) is 4.04. The summed E-state index contributed by atoms with van der Waals surface area (Å²) in [6.07, 6.45) is 0. The molecule has 164 valence electrons. The van der Waals surface area contributed by atoms with Gasteiger partial charge in [0, 0.05) is 7.05 Å². The van der Waals surface area contributed by atoms with Crippen LogP contribution < -0.4 is 21.4 Å². The van der Waals surface area contributed by atoms with Gasteiger partial charge in [-0.3, -0.25) is 18.9 Å². The molecule has 2 N–H and O–H groups in total. The van der Waals surface area contributed by atoms with E-state index in [-0.39, 0.29) is 5.65 Å². The number of hydrogen-bond donors (Lipinski definition) is 2. The van der Waals surface area contributed by atoms with E-state index < -0.39 is 11.2 Å². The molecule has 0 saturated carbocycles. The largest absolute Gasteiger partial charge is 0.497 e. The van der Waals surface area contributed by atoms with Gasteiger partial charge < -0.3 is 4.74 Å². The number of aryl methyl sites for hydroxylation is 2. The van der Waals surface area contributed by atoms with Crippen molar-refractivity contribution in [2.45, 2.75) is 20.4 Å². The molecule has 2 aromatic heterocycles. The molecule has 9 nitrogen and oxygen atoms in total. The summed E-state index contributed by atoms with van der Waals surface area (Å²) in [5.74, 6) is 1.12. The van der Waals surface area contributed by atoms with E-state index in [0.717, 1.165) is 28.2 Å². The van der Waals surface area contributed by atoms with Crippen molar-refractivity contribution in [1.82, 2.24) is 19.1 Å². The second kappa shape index (κ2) is 8.54. The standard InChI is InChI=1S/C23H24N6O3/c1-14-5-7-16(8-6-14)13-29-19-20(28(3)23(31)25-21(19)30)24-22(29)27-26-15(2)17-9-11-18(32-4)12-10-17/h5-12H,13H2,1-4H3,(H,24,27)(H,25,30,31)/b26-15+. The lowest BCUT2D eigenvalue weighted by atomic mass is 10.1. The fraction of sp³-hybridized carbons (Fsp3) is 0.217. The van der Waals surface area contributed by atoms with Crippen LogP contribution in [0.4, 0.5) is 5.95 Å². The molecule has 0 aliphatic heterocycles. The summed E-state index contributed by atoms with van der Waals surface area (Å²) in [7, 11) is 3.19. The second-order valence-electron chi connectivity index (χ2n) is 7.54. The van der Waals surface area contributed by atoms with Crippen LogP contribution in [-0.2, 0) is 13.6 Å². The van der Waals surface area contributed by atoms with Crippen molar-refractivity contribution in [3.8, 4) is 5.75 Å². The monoisotopic (exact) mass is 432 g/mol. The first-order chi connectivity index (χ1) is 15.4. The highest BCUT2D eigenvalue weighted by Gasteiger charge is 2.17. The number of aromatic nitrogens is 4. The Balaban J connectivity index is 1.77. The fourth-order valence-electron chi connectivity index (χ4n) is 3.38. The fourth-order valence-corrected chi connectivity index (χ4v) is 3.38. The van der Waals surface area contributed by atoms with Gasteiger partial charge in [-0.25, -0.2) is 10.2 Å². The Morgan fingerprint density at radius 3 is 2.47 bits per heavy atom. The molecule has 0 fully saturated rings. The molecular weight excluding hydrogens is 408 g/mol. The van der Waals surface area contributed by atoms with Crippen molar-refractivity contribution in [2.75, 3.05) is 12.5 Å². The maximum atomic E-state index is 12.6. The summed E-state index contributed by atoms with van der Waals surface area (Å²) < 4.78 is 8.23. The van der Waals surface area contributed by atoms with Crippen molar-refractivity contribution in [3.63, 3.8) is 0 Å². The van der Waals surface area contributed by atoms with Crippen LogP contribution in [0.1, 0.15) is 23.6 Å². The maximum Gasteiger partial charge on any atom is 0.329 e. The van der Waals surface area contributed by atoms with Crippen LogP contribution in [0.2, 0.25) is 0 Å². The Hall–Kier alpha value is -4.14. The normalized spacial score (nSPS) is 11.7. The predicted octanol–water partition coefficient (Wildman–Crippen LogP) is 2.62. The summed E-state index contributed by atoms with van der Waals surface area (Å²) >= 11 is 0. The van der Waals surface area contributed by atoms with Crippen molar-refractivity contribution >= 4 is 22.8 Å². The van der Waals surface area contributed by atoms with Crippen LogP contribution in [0.25, 0.3) is 11.2 Å². The van der Waals surface area contributed by atoms with Crippen LogP contribution in [0.3, 0.4) is 0 Å². The Bertz CT molecular complexity index is 1410. The number of nitrogens with zero attached hydrogens (tertiary/aromatic N) is 4. The molecular formula is C23H24N6O3. The minimum absolute atomic E-state index is 0.283. The van der Waals surface area contributed by atoms with Gasteiger partial charge in [-0.1, -0.05) is 29.8 Å². The van der Waals surface area contributed by atoms with Crippen LogP contribution >= 0.6 is 0 Å². The van der Waals surface area contributed by atoms with E-state index in [0.29, 0.717) is 18.0 Å². The highest BCUT2D eigenvalue weighted by molar-refractivity contribution is 5.99. The van der Waals surface area contributed by atoms with Crippen LogP contribution in [0.5, 0.6) is 5.75 Å². The van der Waals surface area contributed by atoms with Crippen molar-refractivity contribution in [1.29, 1.82) is 0 Å². The molecule has 2 aromatic carbocycles. The summed E-state index contributed by atoms with van der Waals surface area (Å²) in [5.41, 5.74) is 6.30. The summed E-state index contributed by atoms with van der Waals surface area (Å²) in [6, 6.07) is 15.5. The Morgan fingerprint density at radius 1 is 1.12 bits per heavy atom. The number of nitrogens with one attached hydrogen (secondary N) is 2. The van der Waals surface area contributed by atoms with Crippen LogP contribution in [-0.4, -0.2) is 31.9 Å². The van der Waals surface area contributed by atoms with Crippen LogP contribution in [0, 0.1) is 6.92 Å². The van der Waals surface area contributed by atoms with E-state index in [4.69, 9.17) is 4.74 Å². The molecule has 9 heteroatoms. The smallest absolute Gasteiger partial charge is 0.329 e. The zero-order valence-corrected chi connectivity index (χ0v) is 18.3. The van der Waals surface area contributed by atoms with E-state index in [1.807, 2.05) is 62.4 Å². The molecule has 4 aromatic rings. The van der Waals surface area contributed by atoms with E-state index in [2.05, 4.69) is 20.5 Å². The van der Waals surface area contributed by atoms with E-state index in [1.54, 1.807) is 18.7 Å². The van der Waals surface area contributed by atoms with Gasteiger partial charge in [0.15, 0.2) is 11.2 Å². The highest BCUT2D eigenvalue weighted by atomic mass is 16.5. The van der Waals surface area contributed by atoms with Gasteiger partial charge in [-0.2, -0.15) is 10.1 Å². The Kier molecular flexibility index (Phi) is 5.63. The third-order valence-corrected chi connectivity index (χ3v) is 5.30. The zero-order valence-electron chi connectivity index (χ0n) is 18.3. The molecule has 0 aliphatic carbocycles. The molecule has 0 atom stereocenters. The van der Waals surface area contributed by atoms with E-state index >= 15 is 0 Å². The number of ether oxygens (including phenoxy) is 1. The Morgan fingerprint density at radius 2 is 1.81 bits per heavy atom. The van der Waals surface area contributed by atoms with Gasteiger partial charge in [-0.15, -0.1) is 0 Å². The third-order valence-electron chi connectivity index (χ3n) is 5.30. The van der Waals surface area contributed by atoms with E-state index in [1.165, 1.54) is 4.57 Å². The van der Waals surface area contributed by atoms with Gasteiger partial charge in [-0.05, 0) is 49.2 Å². The molecule has 2 heterocycles. The number of fused-ring (bicyclic) bond motifs is 1. The maximum absolute atomic E-state index is 12.6. The summed E-state index contributed by atoms with van der Waals surface area (Å²) in [4.78, 5) is 31.6. The first-order valence-corrected chi connectivity index (χ1v) is 10.1. The number of hydrogen-bond acceptors (Lipinski definition) is 6. The SMILES string of the molecule is COc1ccc(/C(C)=N/Nc2nc3c(c(=O)[nH]c(=O)n3C)n2Cc2ccc(C)cc2)cc1. The molecule has 0 radical (unpaired) electrons. The highest BCUT2D eigenvalue weighted by Crippen LogP contribution is 2.19. The number of benzene rings is 2. The Labute approximate surface area is 184 Å². The average Bonchev–Trinajstić information content (AvgIpc) is 3.16. The number of H-pyrrole nitrogens is 1. The quantitative estimate of drug-likeness (QED) is 0.360. The minimum atomic E-state index is -0.521. The number of imidazole rings is 1. The summed E-state index contributed by atoms with van der Waals surface area (Å²) in [5, 5.41) is 4.46. The molecule has 0 bridgehead atoms. The van der Waals surface area contributed by atoms with Gasteiger partial charge in [0.1, 0.15) is 5.75 Å². The van der Waals surface area contributed by atoms with Gasteiger partial charge >= 0.3 is 5.69 Å². The number of rotatable bonds is 6. The average molecular weight is 432 g/mol. The number of hydrazone groups is 1. The molecule has 0 aliphatic rings. The van der Waals surface area contributed by atoms with Crippen molar-refractivity contribution < 1.29 is 4.74 Å². The molecule has 0 unspecified atom stereocenters. The lowest BCUT2D eigenvalue weighted by Crippen LogP contribution is -2.29. The zero-order chi connectivity index (χ0) is 22.8. The number of aromatic amines is 1. The van der Waals surface area contributed by atoms with Gasteiger partial charge in [0.2, 0.25) is 5.95 Å². The lowest BCUT2D eigenvalue weighted by molar-refractivity contribution is 0.415. The topological polar surface area (TPSA) is 106 Å². The van der Waals surface area contributed by atoms with Crippen LogP contribution in [0.15, 0.2) is 63.2 Å². The number of anilines is 1. The molecule has 32 heavy (non-hydrogen) atoms. The molecule has 0 amide bonds. The van der Waals surface area contributed by atoms with Crippen molar-refractivity contribution in [3.05, 3.63) is 86.1 Å². The van der Waals surface area contributed by atoms with Crippen molar-refractivity contribution in [2.24, 2.45) is 12.1 Å². The van der Waals surface area contributed by atoms with E-state index in [9.17, 15) is 9.59 Å². The second-order valence-corrected chi connectivity index (χ2v) is 7.54. The first kappa shape index (κ1) is 21.1. The first-order valence-electron chi connectivity index (χ1n) is 10.1. The summed E-state index contributed by atoms with van der Waals surface area (Å²) in [6.45, 7) is 4.27. The molecule has 4 rings (SSSR count). The van der Waals surface area contributed by atoms with Gasteiger partial charge in [0.25, 0.3) is 5.56 Å². The predicted molar refractivity (Wildman–Crippen MR) is 125 cm³/mol. The lowest BCUT2D eigenvalue weighted by Gasteiger charge is -2.09. The van der Waals surface area contributed by atoms with Gasteiger partial charge in [0.05, 0.1) is 19.4 Å². The minimum Gasteiger partial charge on any atom is -0.497 e. The molecule has 0 saturated heterocycles.